The summed E-state index contributed by atoms with van der Waals surface area (Å²) in [7, 11) is 0. The number of hydrogen-bond donors (Lipinski definition) is 3. The first-order valence-corrected chi connectivity index (χ1v) is 8.26. The van der Waals surface area contributed by atoms with E-state index in [0.29, 0.717) is 11.5 Å². The van der Waals surface area contributed by atoms with Crippen molar-refractivity contribution >= 4 is 23.4 Å². The molecule has 4 N–H and O–H groups in total. The average molecular weight is 390 g/mol. The predicted octanol–water partition coefficient (Wildman–Crippen LogP) is 3.49. The zero-order valence-electron chi connectivity index (χ0n) is 15.0. The number of rotatable bonds is 5. The summed E-state index contributed by atoms with van der Waals surface area (Å²) in [5.41, 5.74) is 5.17. The molecule has 3 aromatic rings. The fraction of sp³-hybridized carbons (Fsp3) is 0.235. The van der Waals surface area contributed by atoms with Crippen molar-refractivity contribution in [3.63, 3.8) is 0 Å². The molecule has 0 saturated carbocycles. The van der Waals surface area contributed by atoms with Gasteiger partial charge in [-0.15, -0.1) is 0 Å². The van der Waals surface area contributed by atoms with E-state index in [-0.39, 0.29) is 29.5 Å². The van der Waals surface area contributed by atoms with Crippen LogP contribution in [-0.2, 0) is 6.18 Å². The quantitative estimate of drug-likeness (QED) is 0.606. The minimum Gasteiger partial charge on any atom is -0.384 e. The Balaban J connectivity index is 2.03. The van der Waals surface area contributed by atoms with Crippen LogP contribution >= 0.6 is 0 Å². The Morgan fingerprint density at radius 1 is 1.00 bits per heavy atom. The molecule has 28 heavy (non-hydrogen) atoms. The number of nitrogen functional groups attached to an aromatic ring is 1. The molecular formula is C17H17F3N8. The van der Waals surface area contributed by atoms with E-state index in [4.69, 9.17) is 5.73 Å². The van der Waals surface area contributed by atoms with Gasteiger partial charge in [0.2, 0.25) is 11.9 Å². The van der Waals surface area contributed by atoms with Gasteiger partial charge >= 0.3 is 6.18 Å². The highest BCUT2D eigenvalue weighted by Gasteiger charge is 2.32. The van der Waals surface area contributed by atoms with Crippen molar-refractivity contribution in [2.45, 2.75) is 26.1 Å². The Morgan fingerprint density at radius 3 is 2.43 bits per heavy atom. The number of nitrogens with one attached hydrogen (secondary N) is 2. The summed E-state index contributed by atoms with van der Waals surface area (Å²) in [6, 6.07) is 6.75. The normalized spacial score (nSPS) is 11.5. The molecule has 0 aliphatic carbocycles. The smallest absolute Gasteiger partial charge is 0.384 e. The summed E-state index contributed by atoms with van der Waals surface area (Å²) >= 11 is 0. The lowest BCUT2D eigenvalue weighted by molar-refractivity contribution is -0.141. The Morgan fingerprint density at radius 2 is 1.75 bits per heavy atom. The molecule has 0 fully saturated rings. The molecule has 3 rings (SSSR count). The van der Waals surface area contributed by atoms with Crippen LogP contribution in [0.2, 0.25) is 0 Å². The summed E-state index contributed by atoms with van der Waals surface area (Å²) < 4.78 is 38.9. The van der Waals surface area contributed by atoms with Gasteiger partial charge in [0.15, 0.2) is 5.82 Å². The third-order valence-corrected chi connectivity index (χ3v) is 3.36. The molecule has 0 bridgehead atoms. The van der Waals surface area contributed by atoms with E-state index in [2.05, 4.69) is 35.6 Å². The number of hydrogen-bond acceptors (Lipinski definition) is 8. The van der Waals surface area contributed by atoms with Crippen LogP contribution in [0.25, 0.3) is 11.5 Å². The summed E-state index contributed by atoms with van der Waals surface area (Å²) in [5.74, 6) is 0.606. The number of pyridine rings is 2. The summed E-state index contributed by atoms with van der Waals surface area (Å²) in [6.07, 6.45) is -3.07. The van der Waals surface area contributed by atoms with Crippen molar-refractivity contribution in [1.82, 2.24) is 24.9 Å². The van der Waals surface area contributed by atoms with Gasteiger partial charge in [-0.05, 0) is 32.0 Å². The van der Waals surface area contributed by atoms with Crippen LogP contribution in [0.1, 0.15) is 19.5 Å². The highest BCUT2D eigenvalue weighted by Crippen LogP contribution is 2.29. The van der Waals surface area contributed by atoms with Crippen LogP contribution in [0.15, 0.2) is 36.5 Å². The Kier molecular flexibility index (Phi) is 5.25. The lowest BCUT2D eigenvalue weighted by atomic mass is 10.3. The van der Waals surface area contributed by atoms with Crippen LogP contribution in [-0.4, -0.2) is 31.0 Å². The van der Waals surface area contributed by atoms with Gasteiger partial charge in [0.25, 0.3) is 0 Å². The first-order chi connectivity index (χ1) is 13.2. The summed E-state index contributed by atoms with van der Waals surface area (Å²) in [6.45, 7) is 3.76. The molecule has 0 aliphatic heterocycles. The topological polar surface area (TPSA) is 115 Å². The molecule has 0 aromatic carbocycles. The number of alkyl halides is 3. The summed E-state index contributed by atoms with van der Waals surface area (Å²) in [5, 5.41) is 5.95. The van der Waals surface area contributed by atoms with Crippen molar-refractivity contribution in [3.05, 3.63) is 42.2 Å². The van der Waals surface area contributed by atoms with Crippen molar-refractivity contribution in [1.29, 1.82) is 0 Å². The standard InChI is InChI=1S/C17H17F3N8/c1-9(2)23-15-26-14(11-4-3-5-12(25-11)17(18,19)20)27-16(28-15)24-10-6-7-22-13(21)8-10/h3-9H,1-2H3,(H4,21,22,23,24,26,27,28). The second-order valence-corrected chi connectivity index (χ2v) is 6.11. The van der Waals surface area contributed by atoms with Crippen LogP contribution in [0.5, 0.6) is 0 Å². The van der Waals surface area contributed by atoms with E-state index < -0.39 is 11.9 Å². The van der Waals surface area contributed by atoms with Gasteiger partial charge in [0.05, 0.1) is 0 Å². The second-order valence-electron chi connectivity index (χ2n) is 6.11. The van der Waals surface area contributed by atoms with Gasteiger partial charge in [0.1, 0.15) is 17.2 Å². The molecule has 0 atom stereocenters. The molecule has 3 heterocycles. The maximum Gasteiger partial charge on any atom is 0.433 e. The lowest BCUT2D eigenvalue weighted by Crippen LogP contribution is -2.15. The molecule has 11 heteroatoms. The maximum absolute atomic E-state index is 13.0. The Bertz CT molecular complexity index is 975. The number of aromatic nitrogens is 5. The zero-order valence-corrected chi connectivity index (χ0v) is 15.0. The molecule has 3 aromatic heterocycles. The van der Waals surface area contributed by atoms with Crippen LogP contribution < -0.4 is 16.4 Å². The van der Waals surface area contributed by atoms with E-state index in [1.807, 2.05) is 13.8 Å². The minimum absolute atomic E-state index is 0.00543. The van der Waals surface area contributed by atoms with Gasteiger partial charge in [-0.1, -0.05) is 6.07 Å². The monoisotopic (exact) mass is 390 g/mol. The van der Waals surface area contributed by atoms with E-state index in [0.717, 1.165) is 6.07 Å². The highest BCUT2D eigenvalue weighted by atomic mass is 19.4. The van der Waals surface area contributed by atoms with Crippen LogP contribution in [0, 0.1) is 0 Å². The third kappa shape index (κ3) is 4.81. The van der Waals surface area contributed by atoms with Gasteiger partial charge < -0.3 is 16.4 Å². The second kappa shape index (κ2) is 7.62. The largest absolute Gasteiger partial charge is 0.433 e. The Hall–Kier alpha value is -3.50. The average Bonchev–Trinajstić information content (AvgIpc) is 2.60. The zero-order chi connectivity index (χ0) is 20.3. The number of anilines is 4. The molecular weight excluding hydrogens is 373 g/mol. The third-order valence-electron chi connectivity index (χ3n) is 3.36. The molecule has 0 unspecified atom stereocenters. The molecule has 0 aliphatic rings. The van der Waals surface area contributed by atoms with E-state index >= 15 is 0 Å². The molecule has 0 radical (unpaired) electrons. The van der Waals surface area contributed by atoms with E-state index in [1.165, 1.54) is 18.3 Å². The first-order valence-electron chi connectivity index (χ1n) is 8.26. The number of nitrogens with two attached hydrogens (primary N) is 1. The fourth-order valence-electron chi connectivity index (χ4n) is 2.24. The predicted molar refractivity (Wildman–Crippen MR) is 98.8 cm³/mol. The Labute approximate surface area is 158 Å². The van der Waals surface area contributed by atoms with Crippen molar-refractivity contribution in [2.24, 2.45) is 0 Å². The molecule has 0 spiro atoms. The van der Waals surface area contributed by atoms with Crippen LogP contribution in [0.4, 0.5) is 36.6 Å². The molecule has 146 valence electrons. The highest BCUT2D eigenvalue weighted by molar-refractivity contribution is 5.60. The van der Waals surface area contributed by atoms with Gasteiger partial charge in [-0.25, -0.2) is 9.97 Å². The molecule has 8 nitrogen and oxygen atoms in total. The van der Waals surface area contributed by atoms with Gasteiger partial charge in [-0.2, -0.15) is 28.1 Å². The minimum atomic E-state index is -4.57. The molecule has 0 saturated heterocycles. The van der Waals surface area contributed by atoms with Crippen molar-refractivity contribution < 1.29 is 13.2 Å². The number of nitrogens with zero attached hydrogens (tertiary/aromatic N) is 5. The first kappa shape index (κ1) is 19.3. The molecule has 0 amide bonds. The van der Waals surface area contributed by atoms with E-state index in [1.54, 1.807) is 12.1 Å². The summed E-state index contributed by atoms with van der Waals surface area (Å²) in [4.78, 5) is 20.1. The number of halogens is 3. The maximum atomic E-state index is 13.0. The van der Waals surface area contributed by atoms with Crippen molar-refractivity contribution in [3.8, 4) is 11.5 Å². The van der Waals surface area contributed by atoms with Gasteiger partial charge in [-0.3, -0.25) is 0 Å². The fourth-order valence-corrected chi connectivity index (χ4v) is 2.24. The SMILES string of the molecule is CC(C)Nc1nc(Nc2ccnc(N)c2)nc(-c2cccc(C(F)(F)F)n2)n1. The van der Waals surface area contributed by atoms with E-state index in [9.17, 15) is 13.2 Å². The lowest BCUT2D eigenvalue weighted by Gasteiger charge is -2.12. The van der Waals surface area contributed by atoms with Gasteiger partial charge in [0, 0.05) is 24.0 Å². The van der Waals surface area contributed by atoms with Crippen molar-refractivity contribution in [2.75, 3.05) is 16.4 Å². The van der Waals surface area contributed by atoms with Crippen LogP contribution in [0.3, 0.4) is 0 Å².